The molecule has 1 saturated heterocycles. The second-order valence-corrected chi connectivity index (χ2v) is 7.26. The lowest BCUT2D eigenvalue weighted by atomic mass is 10.0. The number of pyridine rings is 1. The van der Waals surface area contributed by atoms with Crippen molar-refractivity contribution in [2.75, 3.05) is 13.1 Å². The van der Waals surface area contributed by atoms with Crippen molar-refractivity contribution in [1.82, 2.24) is 19.6 Å². The van der Waals surface area contributed by atoms with Crippen LogP contribution in [-0.2, 0) is 4.79 Å². The van der Waals surface area contributed by atoms with Crippen LogP contribution in [0, 0.1) is 19.8 Å². The lowest BCUT2D eigenvalue weighted by molar-refractivity contribution is -0.119. The fourth-order valence-corrected chi connectivity index (χ4v) is 3.72. The number of nitrogens with one attached hydrogen (secondary N) is 1. The zero-order chi connectivity index (χ0) is 20.0. The third kappa shape index (κ3) is 3.15. The number of carbonyl (C=O) groups excluding carboxylic acids is 2. The zero-order valence-electron chi connectivity index (χ0n) is 15.9. The summed E-state index contributed by atoms with van der Waals surface area (Å²) in [5.74, 6) is -0.139. The van der Waals surface area contributed by atoms with Crippen molar-refractivity contribution in [1.29, 1.82) is 0 Å². The molecule has 0 aliphatic carbocycles. The summed E-state index contributed by atoms with van der Waals surface area (Å²) in [6, 6.07) is 6.85. The molecule has 1 fully saturated rings. The van der Waals surface area contributed by atoms with Gasteiger partial charge in [0.25, 0.3) is 5.91 Å². The molecule has 2 atom stereocenters. The van der Waals surface area contributed by atoms with E-state index in [1.807, 2.05) is 26.0 Å². The predicted octanol–water partition coefficient (Wildman–Crippen LogP) is 2.43. The number of halogens is 1. The van der Waals surface area contributed by atoms with Gasteiger partial charge in [0.05, 0.1) is 12.0 Å². The van der Waals surface area contributed by atoms with Crippen molar-refractivity contribution in [3.8, 4) is 0 Å². The maximum Gasteiger partial charge on any atom is 0.277 e. The van der Waals surface area contributed by atoms with Crippen molar-refractivity contribution in [3.05, 3.63) is 59.2 Å². The number of amides is 2. The number of aromatic nitrogens is 2. The van der Waals surface area contributed by atoms with E-state index in [0.29, 0.717) is 18.0 Å². The second kappa shape index (κ2) is 6.78. The second-order valence-electron chi connectivity index (χ2n) is 7.26. The van der Waals surface area contributed by atoms with Gasteiger partial charge in [-0.3, -0.25) is 14.0 Å². The molecular formula is C20H21FN4O3. The van der Waals surface area contributed by atoms with E-state index in [-0.39, 0.29) is 30.1 Å². The largest absolute Gasteiger partial charge is 0.466 e. The van der Waals surface area contributed by atoms with Crippen molar-refractivity contribution in [2.24, 2.45) is 0 Å². The lowest BCUT2D eigenvalue weighted by Crippen LogP contribution is -2.39. The number of nitrogens with zero attached hydrogens (tertiary/aromatic N) is 3. The highest BCUT2D eigenvalue weighted by molar-refractivity contribution is 5.93. The Bertz CT molecular complexity index is 1070. The highest BCUT2D eigenvalue weighted by Crippen LogP contribution is 2.30. The van der Waals surface area contributed by atoms with Crippen LogP contribution in [0.3, 0.4) is 0 Å². The molecule has 0 spiro atoms. The van der Waals surface area contributed by atoms with Gasteiger partial charge in [-0.1, -0.05) is 0 Å². The molecule has 0 unspecified atom stereocenters. The highest BCUT2D eigenvalue weighted by atomic mass is 19.1. The fraction of sp³-hybridized carbons (Fsp3) is 0.350. The Kier molecular flexibility index (Phi) is 4.41. The monoisotopic (exact) mass is 384 g/mol. The highest BCUT2D eigenvalue weighted by Gasteiger charge is 2.40. The van der Waals surface area contributed by atoms with Crippen molar-refractivity contribution in [3.63, 3.8) is 0 Å². The summed E-state index contributed by atoms with van der Waals surface area (Å²) in [7, 11) is 0. The Morgan fingerprint density at radius 2 is 2.04 bits per heavy atom. The average molecular weight is 384 g/mol. The quantitative estimate of drug-likeness (QED) is 0.752. The first kappa shape index (κ1) is 18.2. The van der Waals surface area contributed by atoms with Gasteiger partial charge in [-0.2, -0.15) is 4.39 Å². The number of furan rings is 1. The van der Waals surface area contributed by atoms with Gasteiger partial charge >= 0.3 is 0 Å². The van der Waals surface area contributed by atoms with Crippen LogP contribution in [0.5, 0.6) is 0 Å². The van der Waals surface area contributed by atoms with Crippen molar-refractivity contribution >= 4 is 17.5 Å². The van der Waals surface area contributed by atoms with Crippen LogP contribution in [-0.4, -0.2) is 45.2 Å². The van der Waals surface area contributed by atoms with E-state index in [1.54, 1.807) is 18.3 Å². The van der Waals surface area contributed by atoms with E-state index in [1.165, 1.54) is 16.2 Å². The van der Waals surface area contributed by atoms with E-state index in [9.17, 15) is 14.0 Å². The lowest BCUT2D eigenvalue weighted by Gasteiger charge is -2.16. The van der Waals surface area contributed by atoms with Gasteiger partial charge in [0.1, 0.15) is 17.2 Å². The summed E-state index contributed by atoms with van der Waals surface area (Å²) in [4.78, 5) is 30.3. The minimum Gasteiger partial charge on any atom is -0.466 e. The van der Waals surface area contributed by atoms with E-state index in [2.05, 4.69) is 10.3 Å². The maximum atomic E-state index is 14.8. The molecule has 3 aromatic rings. The number of likely N-dealkylation sites (tertiary alicyclic amines) is 1. The van der Waals surface area contributed by atoms with Crippen LogP contribution >= 0.6 is 0 Å². The van der Waals surface area contributed by atoms with Crippen LogP contribution in [0.1, 0.15) is 40.4 Å². The molecule has 4 heterocycles. The summed E-state index contributed by atoms with van der Waals surface area (Å²) in [5.41, 5.74) is 1.09. The SMILES string of the molecule is CC(=O)N[C@@H]1CN(C(=O)c2nc3cc(C)ccn3c2F)C[C@H]1c1ccc(C)o1. The molecule has 3 aromatic heterocycles. The molecule has 2 amide bonds. The normalized spacial score (nSPS) is 19.4. The Labute approximate surface area is 161 Å². The van der Waals surface area contributed by atoms with E-state index in [4.69, 9.17) is 4.42 Å². The minimum absolute atomic E-state index is 0.193. The summed E-state index contributed by atoms with van der Waals surface area (Å²) in [6.07, 6.45) is 1.56. The first-order valence-electron chi connectivity index (χ1n) is 9.10. The number of imidazole rings is 1. The van der Waals surface area contributed by atoms with Gasteiger partial charge in [0.15, 0.2) is 5.69 Å². The summed E-state index contributed by atoms with van der Waals surface area (Å²) in [6.45, 7) is 5.71. The number of carbonyl (C=O) groups is 2. The van der Waals surface area contributed by atoms with Gasteiger partial charge in [0, 0.05) is 26.2 Å². The van der Waals surface area contributed by atoms with E-state index >= 15 is 0 Å². The van der Waals surface area contributed by atoms with Gasteiger partial charge in [-0.05, 0) is 43.7 Å². The number of hydrogen-bond acceptors (Lipinski definition) is 4. The third-order valence-electron chi connectivity index (χ3n) is 5.05. The van der Waals surface area contributed by atoms with Crippen LogP contribution < -0.4 is 5.32 Å². The topological polar surface area (TPSA) is 79.9 Å². The third-order valence-corrected chi connectivity index (χ3v) is 5.05. The van der Waals surface area contributed by atoms with Crippen LogP contribution in [0.15, 0.2) is 34.9 Å². The molecule has 0 aromatic carbocycles. The Balaban J connectivity index is 1.64. The Morgan fingerprint density at radius 3 is 2.71 bits per heavy atom. The summed E-state index contributed by atoms with van der Waals surface area (Å²) >= 11 is 0. The van der Waals surface area contributed by atoms with E-state index in [0.717, 1.165) is 11.3 Å². The van der Waals surface area contributed by atoms with Crippen molar-refractivity contribution < 1.29 is 18.4 Å². The van der Waals surface area contributed by atoms with Crippen LogP contribution in [0.4, 0.5) is 4.39 Å². The maximum absolute atomic E-state index is 14.8. The first-order chi connectivity index (χ1) is 13.3. The smallest absolute Gasteiger partial charge is 0.277 e. The van der Waals surface area contributed by atoms with Gasteiger partial charge in [-0.15, -0.1) is 0 Å². The van der Waals surface area contributed by atoms with Crippen LogP contribution in [0.2, 0.25) is 0 Å². The Morgan fingerprint density at radius 1 is 1.25 bits per heavy atom. The first-order valence-corrected chi connectivity index (χ1v) is 9.10. The molecule has 0 radical (unpaired) electrons. The van der Waals surface area contributed by atoms with E-state index < -0.39 is 11.9 Å². The average Bonchev–Trinajstić information content (AvgIpc) is 3.31. The molecule has 1 N–H and O–H groups in total. The van der Waals surface area contributed by atoms with Crippen molar-refractivity contribution in [2.45, 2.75) is 32.7 Å². The van der Waals surface area contributed by atoms with Gasteiger partial charge in [0.2, 0.25) is 11.9 Å². The standard InChI is InChI=1S/C20H21FN4O3/c1-11-6-7-25-17(8-11)23-18(19(25)21)20(27)24-9-14(15(10-24)22-13(3)26)16-5-4-12(2)28-16/h4-8,14-15H,9-10H2,1-3H3,(H,22,26)/t14-,15-/m1/s1. The number of aryl methyl sites for hydroxylation is 2. The molecule has 1 aliphatic heterocycles. The Hall–Kier alpha value is -3.16. The molecule has 0 bridgehead atoms. The molecule has 146 valence electrons. The zero-order valence-corrected chi connectivity index (χ0v) is 15.9. The number of fused-ring (bicyclic) bond motifs is 1. The fourth-order valence-electron chi connectivity index (χ4n) is 3.72. The molecule has 28 heavy (non-hydrogen) atoms. The predicted molar refractivity (Wildman–Crippen MR) is 99.6 cm³/mol. The molecule has 0 saturated carbocycles. The minimum atomic E-state index is -0.687. The van der Waals surface area contributed by atoms with Crippen LogP contribution in [0.25, 0.3) is 5.65 Å². The molecule has 1 aliphatic rings. The summed E-state index contributed by atoms with van der Waals surface area (Å²) in [5, 5.41) is 2.87. The molecule has 4 rings (SSSR count). The number of rotatable bonds is 3. The molecule has 7 nitrogen and oxygen atoms in total. The van der Waals surface area contributed by atoms with Gasteiger partial charge in [-0.25, -0.2) is 4.98 Å². The molecular weight excluding hydrogens is 363 g/mol. The molecule has 8 heteroatoms. The number of hydrogen-bond donors (Lipinski definition) is 1. The van der Waals surface area contributed by atoms with Gasteiger partial charge < -0.3 is 14.6 Å². The summed E-state index contributed by atoms with van der Waals surface area (Å²) < 4.78 is 21.7.